The summed E-state index contributed by atoms with van der Waals surface area (Å²) in [4.78, 5) is 13.5. The molecule has 0 saturated carbocycles. The smallest absolute Gasteiger partial charge is 0.264 e. The number of para-hydroxylation sites is 1. The zero-order valence-electron chi connectivity index (χ0n) is 20.7. The molecule has 37 heavy (non-hydrogen) atoms. The van der Waals surface area contributed by atoms with Gasteiger partial charge in [0.15, 0.2) is 0 Å². The third-order valence-electron chi connectivity index (χ3n) is 5.65. The Hall–Kier alpha value is -3.17. The molecule has 0 bridgehead atoms. The van der Waals surface area contributed by atoms with Gasteiger partial charge in [0.25, 0.3) is 10.0 Å². The molecule has 0 aliphatic carbocycles. The molecule has 0 N–H and O–H groups in total. The quantitative estimate of drug-likeness (QED) is 0.258. The van der Waals surface area contributed by atoms with Crippen LogP contribution >= 0.6 is 11.6 Å². The first-order valence-corrected chi connectivity index (χ1v) is 13.6. The van der Waals surface area contributed by atoms with Gasteiger partial charge in [-0.15, -0.1) is 0 Å². The van der Waals surface area contributed by atoms with Gasteiger partial charge in [0, 0.05) is 36.7 Å². The Morgan fingerprint density at radius 3 is 2.43 bits per heavy atom. The number of halogens is 3. The molecule has 0 aromatic heterocycles. The van der Waals surface area contributed by atoms with Gasteiger partial charge in [-0.25, -0.2) is 17.2 Å². The second-order valence-corrected chi connectivity index (χ2v) is 10.7. The maximum absolute atomic E-state index is 14.8. The second-order valence-electron chi connectivity index (χ2n) is 8.44. The van der Waals surface area contributed by atoms with Gasteiger partial charge in [-0.3, -0.25) is 9.10 Å². The van der Waals surface area contributed by atoms with Crippen LogP contribution in [0.5, 0.6) is 5.75 Å². The summed E-state index contributed by atoms with van der Waals surface area (Å²) in [7, 11) is -2.57. The van der Waals surface area contributed by atoms with E-state index in [9.17, 15) is 22.0 Å². The van der Waals surface area contributed by atoms with E-state index in [-0.39, 0.29) is 24.0 Å². The lowest BCUT2D eigenvalue weighted by molar-refractivity contribution is -0.130. The van der Waals surface area contributed by atoms with Crippen LogP contribution in [0, 0.1) is 11.6 Å². The maximum Gasteiger partial charge on any atom is 0.264 e. The van der Waals surface area contributed by atoms with Crippen molar-refractivity contribution < 1.29 is 26.7 Å². The minimum Gasteiger partial charge on any atom is -0.493 e. The highest BCUT2D eigenvalue weighted by Gasteiger charge is 2.29. The van der Waals surface area contributed by atoms with Crippen molar-refractivity contribution in [1.82, 2.24) is 4.90 Å². The van der Waals surface area contributed by atoms with Gasteiger partial charge < -0.3 is 9.64 Å². The van der Waals surface area contributed by atoms with Crippen molar-refractivity contribution in [2.24, 2.45) is 0 Å². The summed E-state index contributed by atoms with van der Waals surface area (Å²) in [6.45, 7) is 2.42. The Labute approximate surface area is 221 Å². The first-order chi connectivity index (χ1) is 17.6. The Morgan fingerprint density at radius 2 is 1.73 bits per heavy atom. The molecule has 3 rings (SSSR count). The van der Waals surface area contributed by atoms with Crippen molar-refractivity contribution in [2.45, 2.75) is 37.6 Å². The average Bonchev–Trinajstić information content (AvgIpc) is 2.87. The van der Waals surface area contributed by atoms with Gasteiger partial charge in [0.1, 0.15) is 17.4 Å². The van der Waals surface area contributed by atoms with Crippen molar-refractivity contribution in [2.75, 3.05) is 24.5 Å². The lowest BCUT2D eigenvalue weighted by Gasteiger charge is -2.26. The molecule has 0 unspecified atom stereocenters. The second kappa shape index (κ2) is 12.9. The summed E-state index contributed by atoms with van der Waals surface area (Å²) in [5, 5.41) is 0.336. The van der Waals surface area contributed by atoms with Crippen molar-refractivity contribution in [3.05, 3.63) is 89.0 Å². The molecule has 3 aromatic rings. The van der Waals surface area contributed by atoms with Gasteiger partial charge in [0.2, 0.25) is 5.91 Å². The highest BCUT2D eigenvalue weighted by atomic mass is 35.5. The summed E-state index contributed by atoms with van der Waals surface area (Å²) in [6.07, 6.45) is 1.81. The fraction of sp³-hybridized carbons (Fsp3) is 0.296. The number of ether oxygens (including phenoxy) is 1. The van der Waals surface area contributed by atoms with E-state index in [0.717, 1.165) is 28.9 Å². The maximum atomic E-state index is 14.8. The lowest BCUT2D eigenvalue weighted by Crippen LogP contribution is -2.31. The third kappa shape index (κ3) is 7.42. The van der Waals surface area contributed by atoms with Crippen LogP contribution in [-0.4, -0.2) is 39.4 Å². The normalized spacial score (nSPS) is 11.3. The van der Waals surface area contributed by atoms with E-state index in [2.05, 4.69) is 0 Å². The number of sulfonamides is 1. The molecule has 0 aliphatic rings. The van der Waals surface area contributed by atoms with Crippen molar-refractivity contribution >= 4 is 33.2 Å². The predicted octanol–water partition coefficient (Wildman–Crippen LogP) is 6.04. The van der Waals surface area contributed by atoms with Gasteiger partial charge in [0.05, 0.1) is 23.7 Å². The number of hydrogen-bond donors (Lipinski definition) is 0. The zero-order chi connectivity index (χ0) is 27.0. The summed E-state index contributed by atoms with van der Waals surface area (Å²) in [5.41, 5.74) is 0.0277. The monoisotopic (exact) mass is 550 g/mol. The number of hydrogen-bond acceptors (Lipinski definition) is 4. The Balaban J connectivity index is 1.87. The number of amides is 1. The van der Waals surface area contributed by atoms with E-state index in [0.29, 0.717) is 35.7 Å². The molecule has 0 atom stereocenters. The van der Waals surface area contributed by atoms with E-state index >= 15 is 0 Å². The third-order valence-corrected chi connectivity index (χ3v) is 7.68. The molecule has 198 valence electrons. The molecule has 0 radical (unpaired) electrons. The number of benzene rings is 3. The van der Waals surface area contributed by atoms with Crippen molar-refractivity contribution in [3.63, 3.8) is 0 Å². The summed E-state index contributed by atoms with van der Waals surface area (Å²) < 4.78 is 62.8. The Morgan fingerprint density at radius 1 is 1.03 bits per heavy atom. The fourth-order valence-electron chi connectivity index (χ4n) is 3.65. The standard InChI is InChI=1S/C27H29ClF2N2O4S/c1-3-7-27(33)31(2)16-6-17-36-26-9-5-4-8-20(26)19-32(25-18-22(29)12-15-24(25)30)37(34,35)23-13-10-21(28)11-14-23/h4-5,8-15,18H,3,6-7,16-17,19H2,1-2H3. The van der Waals surface area contributed by atoms with Crippen LogP contribution in [0.15, 0.2) is 71.6 Å². The van der Waals surface area contributed by atoms with Crippen LogP contribution in [0.1, 0.15) is 31.7 Å². The summed E-state index contributed by atoms with van der Waals surface area (Å²) >= 11 is 5.91. The van der Waals surface area contributed by atoms with Gasteiger partial charge in [-0.05, 0) is 55.3 Å². The minimum atomic E-state index is -4.31. The largest absolute Gasteiger partial charge is 0.493 e. The molecular formula is C27H29ClF2N2O4S. The topological polar surface area (TPSA) is 66.9 Å². The van der Waals surface area contributed by atoms with Crippen LogP contribution < -0.4 is 9.04 Å². The first-order valence-electron chi connectivity index (χ1n) is 11.8. The molecule has 0 fully saturated rings. The lowest BCUT2D eigenvalue weighted by atomic mass is 10.2. The molecule has 0 saturated heterocycles. The number of anilines is 1. The van der Waals surface area contributed by atoms with Crippen LogP contribution in [-0.2, 0) is 21.4 Å². The fourth-order valence-corrected chi connectivity index (χ4v) is 5.22. The number of nitrogens with zero attached hydrogens (tertiary/aromatic N) is 2. The van der Waals surface area contributed by atoms with E-state index in [1.807, 2.05) is 6.92 Å². The number of carbonyl (C=O) groups is 1. The van der Waals surface area contributed by atoms with E-state index < -0.39 is 27.3 Å². The van der Waals surface area contributed by atoms with Crippen molar-refractivity contribution in [1.29, 1.82) is 0 Å². The highest BCUT2D eigenvalue weighted by molar-refractivity contribution is 7.92. The summed E-state index contributed by atoms with van der Waals surface area (Å²) in [6, 6.07) is 14.9. The molecule has 0 aliphatic heterocycles. The molecule has 10 heteroatoms. The summed E-state index contributed by atoms with van der Waals surface area (Å²) in [5.74, 6) is -1.21. The van der Waals surface area contributed by atoms with Crippen LogP contribution in [0.25, 0.3) is 0 Å². The van der Waals surface area contributed by atoms with E-state index in [1.165, 1.54) is 24.3 Å². The Bertz CT molecular complexity index is 1320. The minimum absolute atomic E-state index is 0.0584. The molecule has 1 amide bonds. The van der Waals surface area contributed by atoms with Gasteiger partial charge >= 0.3 is 0 Å². The van der Waals surface area contributed by atoms with Gasteiger partial charge in [-0.1, -0.05) is 36.7 Å². The van der Waals surface area contributed by atoms with Gasteiger partial charge in [-0.2, -0.15) is 0 Å². The molecular weight excluding hydrogens is 522 g/mol. The van der Waals surface area contributed by atoms with Crippen LogP contribution in [0.2, 0.25) is 5.02 Å². The van der Waals surface area contributed by atoms with Crippen molar-refractivity contribution in [3.8, 4) is 5.75 Å². The average molecular weight is 551 g/mol. The first kappa shape index (κ1) is 28.4. The van der Waals surface area contributed by atoms with E-state index in [1.54, 1.807) is 36.2 Å². The molecule has 3 aromatic carbocycles. The van der Waals surface area contributed by atoms with Crippen LogP contribution in [0.4, 0.5) is 14.5 Å². The number of rotatable bonds is 12. The van der Waals surface area contributed by atoms with E-state index in [4.69, 9.17) is 16.3 Å². The van der Waals surface area contributed by atoms with Crippen LogP contribution in [0.3, 0.4) is 0 Å². The molecule has 0 spiro atoms. The Kier molecular flexibility index (Phi) is 9.88. The predicted molar refractivity (Wildman–Crippen MR) is 140 cm³/mol. The zero-order valence-corrected chi connectivity index (χ0v) is 22.2. The number of carbonyl (C=O) groups excluding carboxylic acids is 1. The SMILES string of the molecule is CCCC(=O)N(C)CCCOc1ccccc1CN(c1cc(F)ccc1F)S(=O)(=O)c1ccc(Cl)cc1. The molecule has 0 heterocycles. The molecule has 6 nitrogen and oxygen atoms in total. The highest BCUT2D eigenvalue weighted by Crippen LogP contribution is 2.31.